The molecular formula is C14H15BrF3NO. The Balaban J connectivity index is 2.45. The lowest BCUT2D eigenvalue weighted by atomic mass is 9.90. The molecule has 0 saturated carbocycles. The zero-order valence-electron chi connectivity index (χ0n) is 11.2. The van der Waals surface area contributed by atoms with Gasteiger partial charge in [-0.1, -0.05) is 22.9 Å². The van der Waals surface area contributed by atoms with Crippen LogP contribution in [0.3, 0.4) is 0 Å². The number of benzene rings is 1. The van der Waals surface area contributed by atoms with E-state index >= 15 is 0 Å². The van der Waals surface area contributed by atoms with E-state index in [9.17, 15) is 18.0 Å². The SMILES string of the molecule is CC1C(=O)CCN(c2ccc(Br)cc2C(F)(F)F)C1C. The maximum absolute atomic E-state index is 13.2. The number of alkyl halides is 3. The minimum absolute atomic E-state index is 0.111. The Bertz CT molecular complexity index is 530. The van der Waals surface area contributed by atoms with Gasteiger partial charge in [0.05, 0.1) is 5.56 Å². The number of carbonyl (C=O) groups excluding carboxylic acids is 1. The van der Waals surface area contributed by atoms with Crippen molar-refractivity contribution < 1.29 is 18.0 Å². The predicted molar refractivity (Wildman–Crippen MR) is 74.7 cm³/mol. The summed E-state index contributed by atoms with van der Waals surface area (Å²) in [5.74, 6) is -0.145. The van der Waals surface area contributed by atoms with Crippen LogP contribution in [-0.4, -0.2) is 18.4 Å². The van der Waals surface area contributed by atoms with Crippen LogP contribution in [-0.2, 0) is 11.0 Å². The Morgan fingerprint density at radius 2 is 1.95 bits per heavy atom. The number of hydrogen-bond acceptors (Lipinski definition) is 2. The summed E-state index contributed by atoms with van der Waals surface area (Å²) in [5.41, 5.74) is -0.521. The predicted octanol–water partition coefficient (Wildman–Crippen LogP) is 4.27. The number of halogens is 4. The molecule has 6 heteroatoms. The molecule has 0 amide bonds. The molecule has 0 aliphatic carbocycles. The fraction of sp³-hybridized carbons (Fsp3) is 0.500. The Hall–Kier alpha value is -1.04. The van der Waals surface area contributed by atoms with Crippen LogP contribution in [0.4, 0.5) is 18.9 Å². The van der Waals surface area contributed by atoms with Crippen molar-refractivity contribution in [2.24, 2.45) is 5.92 Å². The van der Waals surface area contributed by atoms with Gasteiger partial charge in [0.15, 0.2) is 0 Å². The molecule has 2 rings (SSSR count). The van der Waals surface area contributed by atoms with Gasteiger partial charge in [0.25, 0.3) is 0 Å². The van der Waals surface area contributed by atoms with Gasteiger partial charge in [0.2, 0.25) is 0 Å². The Morgan fingerprint density at radius 3 is 2.55 bits per heavy atom. The summed E-state index contributed by atoms with van der Waals surface area (Å²) in [7, 11) is 0. The summed E-state index contributed by atoms with van der Waals surface area (Å²) in [6, 6.07) is 3.91. The molecule has 0 aromatic heterocycles. The number of rotatable bonds is 1. The van der Waals surface area contributed by atoms with Crippen LogP contribution in [0.1, 0.15) is 25.8 Å². The molecule has 1 aromatic rings. The van der Waals surface area contributed by atoms with Crippen LogP contribution in [0.5, 0.6) is 0 Å². The Morgan fingerprint density at radius 1 is 1.30 bits per heavy atom. The zero-order chi connectivity index (χ0) is 15.1. The molecule has 1 aromatic carbocycles. The number of nitrogens with zero attached hydrogens (tertiary/aromatic N) is 1. The standard InChI is InChI=1S/C14H15BrF3NO/c1-8-9(2)19(6-5-13(8)20)12-4-3-10(15)7-11(12)14(16,17)18/h3-4,7-9H,5-6H2,1-2H3. The van der Waals surface area contributed by atoms with E-state index in [1.807, 2.05) is 0 Å². The second-order valence-corrected chi connectivity index (χ2v) is 6.01. The van der Waals surface area contributed by atoms with Gasteiger partial charge < -0.3 is 4.90 Å². The molecule has 1 aliphatic rings. The number of anilines is 1. The van der Waals surface area contributed by atoms with Crippen molar-refractivity contribution in [2.75, 3.05) is 11.4 Å². The fourth-order valence-corrected chi connectivity index (χ4v) is 2.89. The Labute approximate surface area is 124 Å². The highest BCUT2D eigenvalue weighted by atomic mass is 79.9. The first-order chi connectivity index (χ1) is 9.21. The summed E-state index contributed by atoms with van der Waals surface area (Å²) in [6.07, 6.45) is -4.12. The maximum Gasteiger partial charge on any atom is 0.418 e. The van der Waals surface area contributed by atoms with Crippen molar-refractivity contribution in [3.63, 3.8) is 0 Å². The zero-order valence-corrected chi connectivity index (χ0v) is 12.8. The molecule has 2 nitrogen and oxygen atoms in total. The topological polar surface area (TPSA) is 20.3 Å². The van der Waals surface area contributed by atoms with Crippen molar-refractivity contribution in [1.29, 1.82) is 0 Å². The molecule has 1 fully saturated rings. The average molecular weight is 350 g/mol. The van der Waals surface area contributed by atoms with E-state index in [1.54, 1.807) is 24.8 Å². The summed E-state index contributed by atoms with van der Waals surface area (Å²) in [5, 5.41) is 0. The van der Waals surface area contributed by atoms with Gasteiger partial charge in [-0.3, -0.25) is 4.79 Å². The molecule has 0 spiro atoms. The van der Waals surface area contributed by atoms with Gasteiger partial charge in [0, 0.05) is 35.1 Å². The lowest BCUT2D eigenvalue weighted by Crippen LogP contribution is -2.47. The molecule has 0 radical (unpaired) electrons. The highest BCUT2D eigenvalue weighted by molar-refractivity contribution is 9.10. The monoisotopic (exact) mass is 349 g/mol. The molecule has 110 valence electrons. The van der Waals surface area contributed by atoms with E-state index < -0.39 is 11.7 Å². The maximum atomic E-state index is 13.2. The van der Waals surface area contributed by atoms with E-state index in [4.69, 9.17) is 0 Å². The van der Waals surface area contributed by atoms with E-state index in [0.29, 0.717) is 17.4 Å². The van der Waals surface area contributed by atoms with Crippen LogP contribution in [0, 0.1) is 5.92 Å². The molecule has 1 aliphatic heterocycles. The van der Waals surface area contributed by atoms with E-state index in [2.05, 4.69) is 15.9 Å². The fourth-order valence-electron chi connectivity index (χ4n) is 2.53. The smallest absolute Gasteiger partial charge is 0.367 e. The van der Waals surface area contributed by atoms with Gasteiger partial charge in [0.1, 0.15) is 5.78 Å². The lowest BCUT2D eigenvalue weighted by molar-refractivity contribution is -0.137. The van der Waals surface area contributed by atoms with Gasteiger partial charge in [-0.05, 0) is 25.1 Å². The number of Topliss-reactive ketones (excluding diaryl/α,β-unsaturated/α-hetero) is 1. The summed E-state index contributed by atoms with van der Waals surface area (Å²) >= 11 is 3.08. The number of ketones is 1. The van der Waals surface area contributed by atoms with Crippen LogP contribution in [0.15, 0.2) is 22.7 Å². The van der Waals surface area contributed by atoms with Crippen molar-refractivity contribution in [3.05, 3.63) is 28.2 Å². The van der Waals surface area contributed by atoms with Crippen LogP contribution >= 0.6 is 15.9 Å². The summed E-state index contributed by atoms with van der Waals surface area (Å²) < 4.78 is 39.9. The molecular weight excluding hydrogens is 335 g/mol. The largest absolute Gasteiger partial charge is 0.418 e. The van der Waals surface area contributed by atoms with Crippen LogP contribution in [0.25, 0.3) is 0 Å². The van der Waals surface area contributed by atoms with Crippen LogP contribution < -0.4 is 4.90 Å². The first kappa shape index (κ1) is 15.4. The van der Waals surface area contributed by atoms with E-state index in [-0.39, 0.29) is 23.4 Å². The number of hydrogen-bond donors (Lipinski definition) is 0. The molecule has 0 bridgehead atoms. The molecule has 1 saturated heterocycles. The molecule has 2 unspecified atom stereocenters. The molecule has 0 N–H and O–H groups in total. The van der Waals surface area contributed by atoms with Crippen LogP contribution in [0.2, 0.25) is 0 Å². The quantitative estimate of drug-likeness (QED) is 0.754. The van der Waals surface area contributed by atoms with Crippen molar-refractivity contribution >= 4 is 27.4 Å². The van der Waals surface area contributed by atoms with Gasteiger partial charge in [-0.15, -0.1) is 0 Å². The van der Waals surface area contributed by atoms with Gasteiger partial charge >= 0.3 is 6.18 Å². The highest BCUT2D eigenvalue weighted by Gasteiger charge is 2.38. The third-order valence-corrected chi connectivity index (χ3v) is 4.39. The highest BCUT2D eigenvalue weighted by Crippen LogP contribution is 2.40. The summed E-state index contributed by atoms with van der Waals surface area (Å²) in [4.78, 5) is 13.3. The Kier molecular flexibility index (Phi) is 4.14. The minimum Gasteiger partial charge on any atom is -0.367 e. The lowest BCUT2D eigenvalue weighted by Gasteiger charge is -2.39. The number of piperidine rings is 1. The third kappa shape index (κ3) is 2.85. The molecule has 2 atom stereocenters. The first-order valence-corrected chi connectivity index (χ1v) is 7.17. The second-order valence-electron chi connectivity index (χ2n) is 5.10. The third-order valence-electron chi connectivity index (χ3n) is 3.90. The first-order valence-electron chi connectivity index (χ1n) is 6.38. The van der Waals surface area contributed by atoms with Crippen molar-refractivity contribution in [3.8, 4) is 0 Å². The normalized spacial score (nSPS) is 24.1. The average Bonchev–Trinajstić information content (AvgIpc) is 2.36. The van der Waals surface area contributed by atoms with E-state index in [1.165, 1.54) is 6.07 Å². The minimum atomic E-state index is -4.41. The van der Waals surface area contributed by atoms with Crippen molar-refractivity contribution in [1.82, 2.24) is 0 Å². The van der Waals surface area contributed by atoms with Gasteiger partial charge in [-0.2, -0.15) is 13.2 Å². The number of carbonyl (C=O) groups is 1. The molecule has 20 heavy (non-hydrogen) atoms. The second kappa shape index (κ2) is 5.39. The summed E-state index contributed by atoms with van der Waals surface area (Å²) in [6.45, 7) is 3.89. The van der Waals surface area contributed by atoms with E-state index in [0.717, 1.165) is 6.07 Å². The van der Waals surface area contributed by atoms with Gasteiger partial charge in [-0.25, -0.2) is 0 Å². The molecule has 1 heterocycles. The van der Waals surface area contributed by atoms with Crippen molar-refractivity contribution in [2.45, 2.75) is 32.5 Å².